The molecule has 0 aliphatic carbocycles. The van der Waals surface area contributed by atoms with Gasteiger partial charge >= 0.3 is 0 Å². The zero-order chi connectivity index (χ0) is 13.8. The first-order valence-electron chi connectivity index (χ1n) is 5.60. The van der Waals surface area contributed by atoms with Crippen LogP contribution in [-0.4, -0.2) is 10.9 Å². The molecule has 2 aromatic rings. The van der Waals surface area contributed by atoms with Crippen molar-refractivity contribution < 1.29 is 4.79 Å². The molecule has 0 aliphatic rings. The van der Waals surface area contributed by atoms with E-state index in [4.69, 9.17) is 17.4 Å². The molecular formula is C13H13ClN4O. The zero-order valence-electron chi connectivity index (χ0n) is 10.3. The van der Waals surface area contributed by atoms with E-state index in [9.17, 15) is 4.79 Å². The molecule has 98 valence electrons. The first-order chi connectivity index (χ1) is 9.13. The number of anilines is 2. The van der Waals surface area contributed by atoms with Crippen molar-refractivity contribution in [3.05, 3.63) is 52.8 Å². The van der Waals surface area contributed by atoms with Gasteiger partial charge in [0.25, 0.3) is 5.91 Å². The molecule has 19 heavy (non-hydrogen) atoms. The lowest BCUT2D eigenvalue weighted by Gasteiger charge is -2.11. The van der Waals surface area contributed by atoms with E-state index in [0.717, 1.165) is 5.56 Å². The number of nitrogen functional groups attached to an aromatic ring is 1. The van der Waals surface area contributed by atoms with Crippen LogP contribution in [0.1, 0.15) is 15.9 Å². The number of nitrogens with one attached hydrogen (secondary N) is 2. The summed E-state index contributed by atoms with van der Waals surface area (Å²) >= 11 is 6.01. The van der Waals surface area contributed by atoms with Crippen molar-refractivity contribution >= 4 is 28.9 Å². The van der Waals surface area contributed by atoms with E-state index in [1.54, 1.807) is 24.3 Å². The van der Waals surface area contributed by atoms with E-state index in [-0.39, 0.29) is 5.91 Å². The normalized spacial score (nSPS) is 10.1. The van der Waals surface area contributed by atoms with Crippen LogP contribution in [0.2, 0.25) is 5.02 Å². The largest absolute Gasteiger partial charge is 0.322 e. The van der Waals surface area contributed by atoms with Crippen LogP contribution in [-0.2, 0) is 0 Å². The molecule has 0 unspecified atom stereocenters. The SMILES string of the molecule is Cc1c(Cl)cccc1NC(=O)c1ccncc1NN. The number of halogens is 1. The Morgan fingerprint density at radius 2 is 2.11 bits per heavy atom. The smallest absolute Gasteiger partial charge is 0.257 e. The highest BCUT2D eigenvalue weighted by Crippen LogP contribution is 2.24. The van der Waals surface area contributed by atoms with Gasteiger partial charge in [-0.3, -0.25) is 15.6 Å². The highest BCUT2D eigenvalue weighted by Gasteiger charge is 2.12. The van der Waals surface area contributed by atoms with Gasteiger partial charge in [-0.05, 0) is 30.7 Å². The van der Waals surface area contributed by atoms with Crippen LogP contribution >= 0.6 is 11.6 Å². The molecule has 0 fully saturated rings. The zero-order valence-corrected chi connectivity index (χ0v) is 11.0. The fourth-order valence-corrected chi connectivity index (χ4v) is 1.81. The van der Waals surface area contributed by atoms with Crippen LogP contribution in [0.3, 0.4) is 0 Å². The van der Waals surface area contributed by atoms with Crippen molar-refractivity contribution in [1.29, 1.82) is 0 Å². The average molecular weight is 277 g/mol. The number of benzene rings is 1. The molecule has 1 aromatic heterocycles. The van der Waals surface area contributed by atoms with Crippen molar-refractivity contribution in [2.24, 2.45) is 5.84 Å². The molecule has 0 spiro atoms. The topological polar surface area (TPSA) is 80.0 Å². The number of carbonyl (C=O) groups is 1. The van der Waals surface area contributed by atoms with Gasteiger partial charge < -0.3 is 10.7 Å². The highest BCUT2D eigenvalue weighted by atomic mass is 35.5. The summed E-state index contributed by atoms with van der Waals surface area (Å²) in [4.78, 5) is 16.1. The maximum atomic E-state index is 12.2. The molecule has 1 amide bonds. The number of rotatable bonds is 3. The molecule has 1 aromatic carbocycles. The van der Waals surface area contributed by atoms with Gasteiger partial charge in [0, 0.05) is 16.9 Å². The van der Waals surface area contributed by atoms with Gasteiger partial charge in [-0.25, -0.2) is 0 Å². The van der Waals surface area contributed by atoms with Crippen molar-refractivity contribution in [3.8, 4) is 0 Å². The minimum atomic E-state index is -0.277. The van der Waals surface area contributed by atoms with Crippen LogP contribution < -0.4 is 16.6 Å². The second-order valence-electron chi connectivity index (χ2n) is 3.93. The third-order valence-corrected chi connectivity index (χ3v) is 3.15. The average Bonchev–Trinajstić information content (AvgIpc) is 2.43. The predicted octanol–water partition coefficient (Wildman–Crippen LogP) is 2.58. The first kappa shape index (κ1) is 13.3. The summed E-state index contributed by atoms with van der Waals surface area (Å²) < 4.78 is 0. The third kappa shape index (κ3) is 2.83. The van der Waals surface area contributed by atoms with Crippen molar-refractivity contribution in [2.45, 2.75) is 6.92 Å². The first-order valence-corrected chi connectivity index (χ1v) is 5.98. The Morgan fingerprint density at radius 3 is 2.84 bits per heavy atom. The minimum absolute atomic E-state index is 0.277. The molecule has 5 nitrogen and oxygen atoms in total. The Balaban J connectivity index is 2.28. The lowest BCUT2D eigenvalue weighted by molar-refractivity contribution is 0.102. The lowest BCUT2D eigenvalue weighted by atomic mass is 10.1. The molecule has 0 atom stereocenters. The predicted molar refractivity (Wildman–Crippen MR) is 76.2 cm³/mol. The summed E-state index contributed by atoms with van der Waals surface area (Å²) in [5.74, 6) is 5.07. The van der Waals surface area contributed by atoms with Crippen molar-refractivity contribution in [1.82, 2.24) is 4.98 Å². The number of aromatic nitrogens is 1. The fraction of sp³-hybridized carbons (Fsp3) is 0.0769. The van der Waals surface area contributed by atoms with Gasteiger partial charge in [-0.1, -0.05) is 17.7 Å². The van der Waals surface area contributed by atoms with E-state index < -0.39 is 0 Å². The molecule has 0 aliphatic heterocycles. The van der Waals surface area contributed by atoms with Gasteiger partial charge in [0.1, 0.15) is 0 Å². The number of hydrogen-bond donors (Lipinski definition) is 3. The molecule has 0 bridgehead atoms. The highest BCUT2D eigenvalue weighted by molar-refractivity contribution is 6.31. The Bertz CT molecular complexity index is 615. The van der Waals surface area contributed by atoms with Crippen LogP contribution in [0.25, 0.3) is 0 Å². The van der Waals surface area contributed by atoms with E-state index in [1.807, 2.05) is 6.92 Å². The molecule has 4 N–H and O–H groups in total. The second-order valence-corrected chi connectivity index (χ2v) is 4.34. The van der Waals surface area contributed by atoms with Crippen molar-refractivity contribution in [3.63, 3.8) is 0 Å². The van der Waals surface area contributed by atoms with E-state index >= 15 is 0 Å². The number of nitrogens with zero attached hydrogens (tertiary/aromatic N) is 1. The molecule has 0 saturated heterocycles. The van der Waals surface area contributed by atoms with Crippen LogP contribution in [0.5, 0.6) is 0 Å². The number of amides is 1. The molecule has 0 saturated carbocycles. The molecule has 0 radical (unpaired) electrons. The molecule has 6 heteroatoms. The van der Waals surface area contributed by atoms with Crippen LogP contribution in [0, 0.1) is 6.92 Å². The van der Waals surface area contributed by atoms with Crippen LogP contribution in [0.15, 0.2) is 36.7 Å². The standard InChI is InChI=1S/C13H13ClN4O/c1-8-10(14)3-2-4-11(8)17-13(19)9-5-6-16-7-12(9)18-15/h2-7,18H,15H2,1H3,(H,17,19). The van der Waals surface area contributed by atoms with Gasteiger partial charge in [0.15, 0.2) is 0 Å². The molecule has 1 heterocycles. The fourth-order valence-electron chi connectivity index (χ4n) is 1.64. The Morgan fingerprint density at radius 1 is 1.32 bits per heavy atom. The maximum absolute atomic E-state index is 12.2. The monoisotopic (exact) mass is 276 g/mol. The van der Waals surface area contributed by atoms with E-state index in [2.05, 4.69) is 15.7 Å². The van der Waals surface area contributed by atoms with Gasteiger partial charge in [-0.15, -0.1) is 0 Å². The van der Waals surface area contributed by atoms with Gasteiger partial charge in [0.05, 0.1) is 17.4 Å². The Hall–Kier alpha value is -2.11. The van der Waals surface area contributed by atoms with Gasteiger partial charge in [0.2, 0.25) is 0 Å². The summed E-state index contributed by atoms with van der Waals surface area (Å²) in [5.41, 5.74) is 4.79. The van der Waals surface area contributed by atoms with E-state index in [0.29, 0.717) is 22.0 Å². The minimum Gasteiger partial charge on any atom is -0.322 e. The number of hydrazine groups is 1. The number of pyridine rings is 1. The number of nitrogens with two attached hydrogens (primary N) is 1. The maximum Gasteiger partial charge on any atom is 0.257 e. The second kappa shape index (κ2) is 5.69. The molecule has 2 rings (SSSR count). The summed E-state index contributed by atoms with van der Waals surface area (Å²) in [7, 11) is 0. The van der Waals surface area contributed by atoms with Gasteiger partial charge in [-0.2, -0.15) is 0 Å². The Kier molecular flexibility index (Phi) is 3.99. The van der Waals surface area contributed by atoms with Crippen LogP contribution in [0.4, 0.5) is 11.4 Å². The number of hydrogen-bond acceptors (Lipinski definition) is 4. The summed E-state index contributed by atoms with van der Waals surface area (Å²) in [5, 5.41) is 3.40. The summed E-state index contributed by atoms with van der Waals surface area (Å²) in [6.07, 6.45) is 3.01. The summed E-state index contributed by atoms with van der Waals surface area (Å²) in [6.45, 7) is 1.84. The lowest BCUT2D eigenvalue weighted by Crippen LogP contribution is -2.17. The third-order valence-electron chi connectivity index (χ3n) is 2.74. The van der Waals surface area contributed by atoms with Crippen molar-refractivity contribution in [2.75, 3.05) is 10.7 Å². The Labute approximate surface area is 115 Å². The molecular weight excluding hydrogens is 264 g/mol. The van der Waals surface area contributed by atoms with E-state index in [1.165, 1.54) is 12.4 Å². The summed E-state index contributed by atoms with van der Waals surface area (Å²) in [6, 6.07) is 6.92. The quantitative estimate of drug-likeness (QED) is 0.595. The number of carbonyl (C=O) groups excluding carboxylic acids is 1.